The van der Waals surface area contributed by atoms with Crippen LogP contribution in [0.4, 0.5) is 5.00 Å². The van der Waals surface area contributed by atoms with Gasteiger partial charge < -0.3 is 14.9 Å². The van der Waals surface area contributed by atoms with Gasteiger partial charge >= 0.3 is 0 Å². The number of primary amides is 1. The van der Waals surface area contributed by atoms with Crippen molar-refractivity contribution in [3.8, 4) is 11.8 Å². The Morgan fingerprint density at radius 2 is 2.19 bits per heavy atom. The van der Waals surface area contributed by atoms with Crippen LogP contribution in [0.25, 0.3) is 11.0 Å². The molecule has 0 saturated heterocycles. The van der Waals surface area contributed by atoms with Crippen LogP contribution in [0, 0.1) is 11.3 Å². The number of hydrogen-bond acceptors (Lipinski definition) is 6. The van der Waals surface area contributed by atoms with Crippen LogP contribution >= 0.6 is 11.3 Å². The highest BCUT2D eigenvalue weighted by molar-refractivity contribution is 7.16. The second kappa shape index (κ2) is 6.89. The highest BCUT2D eigenvalue weighted by atomic mass is 32.1. The van der Waals surface area contributed by atoms with E-state index in [0.717, 1.165) is 31.2 Å². The molecule has 2 heterocycles. The SMILES string of the molecule is COc1cccc2cc(C(N)=O)/c(=N/c3sc4c(c3C#N)CCCC4)oc12. The smallest absolute Gasteiger partial charge is 0.254 e. The summed E-state index contributed by atoms with van der Waals surface area (Å²) in [5.41, 5.74) is 7.93. The van der Waals surface area contributed by atoms with Gasteiger partial charge in [-0.05, 0) is 43.4 Å². The number of ether oxygens (including phenoxy) is 1. The Kier molecular flexibility index (Phi) is 4.42. The molecule has 0 fully saturated rings. The molecular weight excluding hydrogens is 362 g/mol. The molecule has 0 spiro atoms. The highest BCUT2D eigenvalue weighted by Crippen LogP contribution is 2.39. The summed E-state index contributed by atoms with van der Waals surface area (Å²) in [6, 6.07) is 9.29. The molecule has 27 heavy (non-hydrogen) atoms. The molecule has 0 saturated carbocycles. The number of nitriles is 1. The second-order valence-corrected chi connectivity index (χ2v) is 7.41. The first-order valence-electron chi connectivity index (χ1n) is 8.62. The van der Waals surface area contributed by atoms with Crippen LogP contribution < -0.4 is 16.0 Å². The molecule has 136 valence electrons. The third-order valence-electron chi connectivity index (χ3n) is 4.69. The standard InChI is InChI=1S/C20H17N3O3S/c1-25-15-7-4-5-11-9-13(18(22)24)19(26-17(11)15)23-20-14(10-21)12-6-2-3-8-16(12)27-20/h4-5,7,9H,2-3,6,8H2,1H3,(H2,22,24)/b23-19-. The predicted octanol–water partition coefficient (Wildman–Crippen LogP) is 3.58. The number of rotatable bonds is 3. The minimum Gasteiger partial charge on any atom is -0.493 e. The summed E-state index contributed by atoms with van der Waals surface area (Å²) in [7, 11) is 1.55. The average molecular weight is 379 g/mol. The van der Waals surface area contributed by atoms with E-state index in [2.05, 4.69) is 11.1 Å². The van der Waals surface area contributed by atoms with Gasteiger partial charge in [-0.3, -0.25) is 4.79 Å². The lowest BCUT2D eigenvalue weighted by atomic mass is 9.96. The monoisotopic (exact) mass is 379 g/mol. The van der Waals surface area contributed by atoms with Crippen molar-refractivity contribution < 1.29 is 13.9 Å². The van der Waals surface area contributed by atoms with E-state index < -0.39 is 5.91 Å². The van der Waals surface area contributed by atoms with Crippen molar-refractivity contribution in [1.29, 1.82) is 5.26 Å². The molecule has 1 aliphatic carbocycles. The number of nitrogens with two attached hydrogens (primary N) is 1. The van der Waals surface area contributed by atoms with Crippen LogP contribution in [0.1, 0.15) is 39.2 Å². The summed E-state index contributed by atoms with van der Waals surface area (Å²) in [6.45, 7) is 0. The van der Waals surface area contributed by atoms with Crippen molar-refractivity contribution in [3.63, 3.8) is 0 Å². The van der Waals surface area contributed by atoms with E-state index >= 15 is 0 Å². The Hall–Kier alpha value is -3.11. The van der Waals surface area contributed by atoms with Crippen LogP contribution in [0.3, 0.4) is 0 Å². The Labute approximate surface area is 159 Å². The van der Waals surface area contributed by atoms with E-state index in [0.29, 0.717) is 27.3 Å². The molecule has 0 bridgehead atoms. The Morgan fingerprint density at radius 3 is 2.93 bits per heavy atom. The van der Waals surface area contributed by atoms with Gasteiger partial charge in [0.25, 0.3) is 5.91 Å². The van der Waals surface area contributed by atoms with Crippen molar-refractivity contribution in [2.24, 2.45) is 10.7 Å². The molecule has 1 aliphatic rings. The minimum atomic E-state index is -0.637. The number of benzene rings is 1. The topological polar surface area (TPSA) is 102 Å². The minimum absolute atomic E-state index is 0.0922. The first-order valence-corrected chi connectivity index (χ1v) is 9.44. The zero-order valence-electron chi connectivity index (χ0n) is 14.7. The van der Waals surface area contributed by atoms with Crippen LogP contribution in [0.5, 0.6) is 5.75 Å². The van der Waals surface area contributed by atoms with E-state index in [4.69, 9.17) is 14.9 Å². The third-order valence-corrected chi connectivity index (χ3v) is 5.88. The van der Waals surface area contributed by atoms with E-state index in [1.165, 1.54) is 16.2 Å². The Morgan fingerprint density at radius 1 is 1.37 bits per heavy atom. The highest BCUT2D eigenvalue weighted by Gasteiger charge is 2.21. The fraction of sp³-hybridized carbons (Fsp3) is 0.250. The third kappa shape index (κ3) is 2.98. The van der Waals surface area contributed by atoms with Crippen LogP contribution in [-0.2, 0) is 12.8 Å². The molecule has 6 nitrogen and oxygen atoms in total. The van der Waals surface area contributed by atoms with Crippen LogP contribution in [-0.4, -0.2) is 13.0 Å². The summed E-state index contributed by atoms with van der Waals surface area (Å²) < 4.78 is 11.3. The number of carbonyl (C=O) groups excluding carboxylic acids is 1. The van der Waals surface area contributed by atoms with Crippen molar-refractivity contribution in [2.75, 3.05) is 7.11 Å². The number of fused-ring (bicyclic) bond motifs is 2. The second-order valence-electron chi connectivity index (χ2n) is 6.32. The molecule has 1 amide bonds. The van der Waals surface area contributed by atoms with E-state index in [9.17, 15) is 10.1 Å². The number of hydrogen-bond donors (Lipinski definition) is 1. The number of amides is 1. The lowest BCUT2D eigenvalue weighted by molar-refractivity contribution is 0.0996. The van der Waals surface area contributed by atoms with E-state index in [1.54, 1.807) is 25.3 Å². The van der Waals surface area contributed by atoms with Gasteiger partial charge in [0.15, 0.2) is 11.3 Å². The first-order chi connectivity index (χ1) is 13.1. The molecule has 1 aromatic carbocycles. The quantitative estimate of drug-likeness (QED) is 0.751. The Bertz CT molecular complexity index is 1170. The number of carbonyl (C=O) groups is 1. The normalized spacial score (nSPS) is 14.0. The molecule has 0 atom stereocenters. The molecule has 0 unspecified atom stereocenters. The largest absolute Gasteiger partial charge is 0.493 e. The molecule has 7 heteroatoms. The van der Waals surface area contributed by atoms with Crippen molar-refractivity contribution in [3.05, 3.63) is 51.4 Å². The van der Waals surface area contributed by atoms with Gasteiger partial charge in [-0.15, -0.1) is 11.3 Å². The molecule has 0 radical (unpaired) electrons. The number of methoxy groups -OCH3 is 1. The van der Waals surface area contributed by atoms with Gasteiger partial charge in [-0.1, -0.05) is 12.1 Å². The van der Waals surface area contributed by atoms with Gasteiger partial charge in [0.2, 0.25) is 5.55 Å². The maximum Gasteiger partial charge on any atom is 0.254 e. The van der Waals surface area contributed by atoms with E-state index in [-0.39, 0.29) is 11.1 Å². The number of aryl methyl sites for hydroxylation is 1. The van der Waals surface area contributed by atoms with Crippen molar-refractivity contribution >= 4 is 33.2 Å². The lowest BCUT2D eigenvalue weighted by Gasteiger charge is -2.09. The molecule has 3 aromatic rings. The fourth-order valence-electron chi connectivity index (χ4n) is 3.38. The predicted molar refractivity (Wildman–Crippen MR) is 102 cm³/mol. The summed E-state index contributed by atoms with van der Waals surface area (Å²) >= 11 is 1.48. The molecule has 0 aliphatic heterocycles. The first kappa shape index (κ1) is 17.3. The fourth-order valence-corrected chi connectivity index (χ4v) is 4.59. The van der Waals surface area contributed by atoms with Gasteiger partial charge in [0.1, 0.15) is 16.6 Å². The van der Waals surface area contributed by atoms with Gasteiger partial charge in [0.05, 0.1) is 12.7 Å². The van der Waals surface area contributed by atoms with Crippen LogP contribution in [0.15, 0.2) is 33.7 Å². The molecular formula is C20H17N3O3S. The number of nitrogens with zero attached hydrogens (tertiary/aromatic N) is 2. The number of thiophene rings is 1. The summed E-state index contributed by atoms with van der Waals surface area (Å²) in [5.74, 6) is -0.104. The summed E-state index contributed by atoms with van der Waals surface area (Å²) in [6.07, 6.45) is 4.02. The summed E-state index contributed by atoms with van der Waals surface area (Å²) in [4.78, 5) is 17.7. The van der Waals surface area contributed by atoms with Crippen LogP contribution in [0.2, 0.25) is 0 Å². The van der Waals surface area contributed by atoms with Crippen molar-refractivity contribution in [2.45, 2.75) is 25.7 Å². The maximum absolute atomic E-state index is 12.0. The molecule has 4 rings (SSSR count). The van der Waals surface area contributed by atoms with E-state index in [1.807, 2.05) is 6.07 Å². The van der Waals surface area contributed by atoms with Crippen molar-refractivity contribution in [1.82, 2.24) is 0 Å². The average Bonchev–Trinajstić information content (AvgIpc) is 3.03. The lowest BCUT2D eigenvalue weighted by Crippen LogP contribution is -2.21. The number of para-hydroxylation sites is 1. The Balaban J connectivity index is 2.01. The molecule has 2 N–H and O–H groups in total. The zero-order valence-corrected chi connectivity index (χ0v) is 15.6. The molecule has 2 aromatic heterocycles. The zero-order chi connectivity index (χ0) is 19.0. The summed E-state index contributed by atoms with van der Waals surface area (Å²) in [5, 5.41) is 10.9. The van der Waals surface area contributed by atoms with Gasteiger partial charge in [-0.2, -0.15) is 5.26 Å². The van der Waals surface area contributed by atoms with Gasteiger partial charge in [0, 0.05) is 10.3 Å². The van der Waals surface area contributed by atoms with Gasteiger partial charge in [-0.25, -0.2) is 4.99 Å². The maximum atomic E-state index is 12.0.